The molecule has 0 aromatic rings. The molecule has 0 radical (unpaired) electrons. The van der Waals surface area contributed by atoms with Crippen molar-refractivity contribution in [3.8, 4) is 0 Å². The van der Waals surface area contributed by atoms with E-state index >= 15 is 0 Å². The smallest absolute Gasteiger partial charge is 0.312 e. The topological polar surface area (TPSA) is 104 Å². The molecule has 3 amide bonds. The average molecular weight is 287 g/mol. The lowest BCUT2D eigenvalue weighted by molar-refractivity contribution is -0.124. The van der Waals surface area contributed by atoms with Crippen molar-refractivity contribution in [2.24, 2.45) is 17.6 Å². The number of rotatable bonds is 10. The van der Waals surface area contributed by atoms with Crippen LogP contribution in [0, 0.1) is 11.8 Å². The highest BCUT2D eigenvalue weighted by molar-refractivity contribution is 5.86. The first-order valence-corrected chi connectivity index (χ1v) is 7.40. The SMILES string of the molecule is CCCC(CCO)CNC(=O)C(NC(N)=O)C(C)CC. The number of nitrogens with one attached hydrogen (secondary N) is 2. The van der Waals surface area contributed by atoms with E-state index in [0.29, 0.717) is 13.0 Å². The third-order valence-corrected chi connectivity index (χ3v) is 3.59. The van der Waals surface area contributed by atoms with Crippen molar-refractivity contribution >= 4 is 11.9 Å². The van der Waals surface area contributed by atoms with Gasteiger partial charge in [0.15, 0.2) is 0 Å². The summed E-state index contributed by atoms with van der Waals surface area (Å²) >= 11 is 0. The quantitative estimate of drug-likeness (QED) is 0.481. The molecule has 0 fully saturated rings. The molecule has 0 bridgehead atoms. The van der Waals surface area contributed by atoms with Crippen molar-refractivity contribution in [2.45, 2.75) is 52.5 Å². The van der Waals surface area contributed by atoms with Crippen molar-refractivity contribution < 1.29 is 14.7 Å². The summed E-state index contributed by atoms with van der Waals surface area (Å²) in [6.07, 6.45) is 3.41. The summed E-state index contributed by atoms with van der Waals surface area (Å²) in [6.45, 7) is 6.56. The number of nitrogens with two attached hydrogens (primary N) is 1. The van der Waals surface area contributed by atoms with E-state index < -0.39 is 12.1 Å². The zero-order valence-electron chi connectivity index (χ0n) is 12.8. The first-order chi connectivity index (χ1) is 9.46. The maximum atomic E-state index is 12.1. The van der Waals surface area contributed by atoms with Crippen LogP contribution < -0.4 is 16.4 Å². The van der Waals surface area contributed by atoms with E-state index in [1.54, 1.807) is 0 Å². The fraction of sp³-hybridized carbons (Fsp3) is 0.857. The van der Waals surface area contributed by atoms with Crippen LogP contribution in [-0.2, 0) is 4.79 Å². The van der Waals surface area contributed by atoms with Gasteiger partial charge in [0.1, 0.15) is 6.04 Å². The Balaban J connectivity index is 4.46. The molecule has 0 aliphatic rings. The summed E-state index contributed by atoms with van der Waals surface area (Å²) in [5.74, 6) is 0.0715. The Morgan fingerprint density at radius 3 is 2.35 bits per heavy atom. The summed E-state index contributed by atoms with van der Waals surface area (Å²) in [5.41, 5.74) is 5.11. The van der Waals surface area contributed by atoms with Crippen molar-refractivity contribution in [1.82, 2.24) is 10.6 Å². The van der Waals surface area contributed by atoms with Crippen LogP contribution in [0.2, 0.25) is 0 Å². The molecule has 5 N–H and O–H groups in total. The number of amides is 3. The fourth-order valence-electron chi connectivity index (χ4n) is 2.15. The summed E-state index contributed by atoms with van der Waals surface area (Å²) in [4.78, 5) is 23.1. The largest absolute Gasteiger partial charge is 0.396 e. The maximum Gasteiger partial charge on any atom is 0.312 e. The van der Waals surface area contributed by atoms with E-state index in [9.17, 15) is 9.59 Å². The first kappa shape index (κ1) is 18.7. The lowest BCUT2D eigenvalue weighted by Crippen LogP contribution is -2.52. The number of hydrogen-bond acceptors (Lipinski definition) is 3. The number of aliphatic hydroxyl groups excluding tert-OH is 1. The molecule has 0 saturated heterocycles. The molecule has 0 aromatic carbocycles. The second-order valence-corrected chi connectivity index (χ2v) is 5.28. The minimum atomic E-state index is -0.689. The second kappa shape index (κ2) is 10.5. The molecule has 118 valence electrons. The third kappa shape index (κ3) is 7.33. The molecule has 20 heavy (non-hydrogen) atoms. The summed E-state index contributed by atoms with van der Waals surface area (Å²) < 4.78 is 0. The second-order valence-electron chi connectivity index (χ2n) is 5.28. The zero-order chi connectivity index (χ0) is 15.5. The van der Waals surface area contributed by atoms with Crippen molar-refractivity contribution in [3.63, 3.8) is 0 Å². The van der Waals surface area contributed by atoms with Gasteiger partial charge in [-0.2, -0.15) is 0 Å². The fourth-order valence-corrected chi connectivity index (χ4v) is 2.15. The molecule has 0 aliphatic heterocycles. The van der Waals surface area contributed by atoms with E-state index in [-0.39, 0.29) is 24.3 Å². The Bertz CT molecular complexity index is 291. The van der Waals surface area contributed by atoms with Gasteiger partial charge in [0.05, 0.1) is 0 Å². The lowest BCUT2D eigenvalue weighted by atomic mass is 9.97. The van der Waals surface area contributed by atoms with Crippen LogP contribution in [0.4, 0.5) is 4.79 Å². The van der Waals surface area contributed by atoms with Crippen molar-refractivity contribution in [3.05, 3.63) is 0 Å². The summed E-state index contributed by atoms with van der Waals surface area (Å²) in [5, 5.41) is 14.3. The number of urea groups is 1. The van der Waals surface area contributed by atoms with E-state index in [0.717, 1.165) is 19.3 Å². The van der Waals surface area contributed by atoms with Crippen LogP contribution in [0.3, 0.4) is 0 Å². The highest BCUT2D eigenvalue weighted by atomic mass is 16.3. The highest BCUT2D eigenvalue weighted by Crippen LogP contribution is 2.11. The molecular formula is C14H29N3O3. The molecule has 3 atom stereocenters. The van der Waals surface area contributed by atoms with Crippen LogP contribution in [-0.4, -0.2) is 36.2 Å². The molecule has 0 rings (SSSR count). The molecule has 0 spiro atoms. The van der Waals surface area contributed by atoms with Crippen LogP contribution in [0.15, 0.2) is 0 Å². The summed E-state index contributed by atoms with van der Waals surface area (Å²) in [7, 11) is 0. The molecular weight excluding hydrogens is 258 g/mol. The third-order valence-electron chi connectivity index (χ3n) is 3.59. The maximum absolute atomic E-state index is 12.1. The number of carbonyl (C=O) groups is 2. The van der Waals surface area contributed by atoms with Crippen LogP contribution >= 0.6 is 0 Å². The normalized spacial score (nSPS) is 15.2. The summed E-state index contributed by atoms with van der Waals surface area (Å²) in [6, 6.07) is -1.29. The van der Waals surface area contributed by atoms with Gasteiger partial charge in [-0.05, 0) is 24.7 Å². The van der Waals surface area contributed by atoms with Gasteiger partial charge < -0.3 is 21.5 Å². The number of hydrogen-bond donors (Lipinski definition) is 4. The molecule has 0 aliphatic carbocycles. The van der Waals surface area contributed by atoms with Gasteiger partial charge in [-0.15, -0.1) is 0 Å². The van der Waals surface area contributed by atoms with Crippen LogP contribution in [0.1, 0.15) is 46.5 Å². The highest BCUT2D eigenvalue weighted by Gasteiger charge is 2.25. The minimum Gasteiger partial charge on any atom is -0.396 e. The van der Waals surface area contributed by atoms with Gasteiger partial charge in [-0.1, -0.05) is 33.6 Å². The molecule has 0 aromatic heterocycles. The van der Waals surface area contributed by atoms with Crippen LogP contribution in [0.5, 0.6) is 0 Å². The minimum absolute atomic E-state index is 0.0185. The standard InChI is InChI=1S/C14H29N3O3/c1-4-6-11(7-8-18)9-16-13(19)12(10(3)5-2)17-14(15)20/h10-12,18H,4-9H2,1-3H3,(H,16,19)(H3,15,17,20). The van der Waals surface area contributed by atoms with E-state index in [1.165, 1.54) is 0 Å². The molecule has 3 unspecified atom stereocenters. The molecule has 0 saturated carbocycles. The average Bonchev–Trinajstić information content (AvgIpc) is 2.41. The molecule has 0 heterocycles. The van der Waals surface area contributed by atoms with Gasteiger partial charge in [-0.25, -0.2) is 4.79 Å². The van der Waals surface area contributed by atoms with Crippen molar-refractivity contribution in [2.75, 3.05) is 13.2 Å². The Morgan fingerprint density at radius 2 is 1.90 bits per heavy atom. The predicted molar refractivity (Wildman–Crippen MR) is 79.1 cm³/mol. The molecule has 6 heteroatoms. The van der Waals surface area contributed by atoms with E-state index in [1.807, 2.05) is 13.8 Å². The molecule has 6 nitrogen and oxygen atoms in total. The van der Waals surface area contributed by atoms with E-state index in [2.05, 4.69) is 17.6 Å². The predicted octanol–water partition coefficient (Wildman–Crippen LogP) is 0.984. The zero-order valence-corrected chi connectivity index (χ0v) is 12.8. The number of primary amides is 1. The van der Waals surface area contributed by atoms with Gasteiger partial charge in [-0.3, -0.25) is 4.79 Å². The van der Waals surface area contributed by atoms with Gasteiger partial charge in [0.2, 0.25) is 5.91 Å². The Morgan fingerprint density at radius 1 is 1.25 bits per heavy atom. The van der Waals surface area contributed by atoms with Gasteiger partial charge in [0.25, 0.3) is 0 Å². The lowest BCUT2D eigenvalue weighted by Gasteiger charge is -2.24. The Kier molecular flexibility index (Phi) is 9.80. The van der Waals surface area contributed by atoms with E-state index in [4.69, 9.17) is 10.8 Å². The Labute approximate surface area is 121 Å². The number of carbonyl (C=O) groups excluding carboxylic acids is 2. The number of aliphatic hydroxyl groups is 1. The Hall–Kier alpha value is -1.30. The van der Waals surface area contributed by atoms with Gasteiger partial charge >= 0.3 is 6.03 Å². The monoisotopic (exact) mass is 287 g/mol. The van der Waals surface area contributed by atoms with Crippen LogP contribution in [0.25, 0.3) is 0 Å². The van der Waals surface area contributed by atoms with Crippen molar-refractivity contribution in [1.29, 1.82) is 0 Å². The van der Waals surface area contributed by atoms with Gasteiger partial charge in [0, 0.05) is 13.2 Å². The first-order valence-electron chi connectivity index (χ1n) is 7.40.